The number of aryl methyl sites for hydroxylation is 1. The molecule has 6 heteroatoms. The van der Waals surface area contributed by atoms with E-state index in [1.165, 1.54) is 11.8 Å². The number of hydrogen-bond donors (Lipinski definition) is 0. The molecule has 18 heavy (non-hydrogen) atoms. The van der Waals surface area contributed by atoms with Gasteiger partial charge in [-0.3, -0.25) is 0 Å². The smallest absolute Gasteiger partial charge is 0.214 e. The molecule has 0 saturated heterocycles. The molecule has 0 N–H and O–H groups in total. The summed E-state index contributed by atoms with van der Waals surface area (Å²) in [6, 6.07) is 5.89. The molecule has 0 spiro atoms. The van der Waals surface area contributed by atoms with E-state index in [9.17, 15) is 0 Å². The summed E-state index contributed by atoms with van der Waals surface area (Å²) in [6.07, 6.45) is 1.82. The van der Waals surface area contributed by atoms with Gasteiger partial charge in [-0.25, -0.2) is 0 Å². The van der Waals surface area contributed by atoms with Gasteiger partial charge in [-0.15, -0.1) is 11.7 Å². The van der Waals surface area contributed by atoms with Gasteiger partial charge in [0.25, 0.3) is 0 Å². The molecule has 1 aromatic heterocycles. The van der Waals surface area contributed by atoms with Crippen LogP contribution in [0.3, 0.4) is 0 Å². The Morgan fingerprint density at radius 2 is 2.33 bits per heavy atom. The van der Waals surface area contributed by atoms with Crippen molar-refractivity contribution in [2.24, 2.45) is 0 Å². The fraction of sp³-hybridized carbons (Fsp3) is 0.250. The zero-order valence-electron chi connectivity index (χ0n) is 10.3. The maximum atomic E-state index is 5.34. The molecule has 0 atom stereocenters. The molecule has 0 amide bonds. The first-order valence-electron chi connectivity index (χ1n) is 5.43. The second kappa shape index (κ2) is 5.68. The molecule has 5 nitrogen and oxygen atoms in total. The zero-order valence-corrected chi connectivity index (χ0v) is 11.1. The van der Waals surface area contributed by atoms with Crippen LogP contribution in [0.2, 0.25) is 0 Å². The molecule has 0 aliphatic carbocycles. The molecule has 0 fully saturated rings. The molecule has 0 unspecified atom stereocenters. The molecule has 0 saturated carbocycles. The van der Waals surface area contributed by atoms with Crippen LogP contribution in [0.4, 0.5) is 0 Å². The van der Waals surface area contributed by atoms with Gasteiger partial charge in [-0.1, -0.05) is 23.9 Å². The van der Waals surface area contributed by atoms with Gasteiger partial charge < -0.3 is 4.74 Å². The van der Waals surface area contributed by atoms with Crippen molar-refractivity contribution in [2.75, 3.05) is 12.9 Å². The minimum absolute atomic E-state index is 0.721. The molecule has 1 aromatic carbocycles. The number of rotatable bonds is 5. The van der Waals surface area contributed by atoms with Gasteiger partial charge in [0, 0.05) is 5.75 Å². The molecule has 2 aromatic rings. The number of thioether (sulfide) groups is 1. The monoisotopic (exact) mass is 262 g/mol. The van der Waals surface area contributed by atoms with Crippen molar-refractivity contribution in [2.45, 2.75) is 12.1 Å². The van der Waals surface area contributed by atoms with Crippen LogP contribution in [0.1, 0.15) is 5.56 Å². The van der Waals surface area contributed by atoms with Crippen molar-refractivity contribution in [3.05, 3.63) is 36.4 Å². The lowest BCUT2D eigenvalue weighted by atomic mass is 10.2. The van der Waals surface area contributed by atoms with Gasteiger partial charge in [0.15, 0.2) is 0 Å². The third-order valence-corrected chi connectivity index (χ3v) is 3.25. The quantitative estimate of drug-likeness (QED) is 0.611. The minimum Gasteiger partial charge on any atom is -0.494 e. The van der Waals surface area contributed by atoms with E-state index in [0.717, 1.165) is 27.9 Å². The van der Waals surface area contributed by atoms with Crippen LogP contribution in [0.5, 0.6) is 5.75 Å². The van der Waals surface area contributed by atoms with Crippen molar-refractivity contribution in [3.8, 4) is 11.4 Å². The average Bonchev–Trinajstić information content (AvgIpc) is 2.84. The summed E-state index contributed by atoms with van der Waals surface area (Å²) < 4.78 is 7.02. The maximum Gasteiger partial charge on any atom is 0.214 e. The van der Waals surface area contributed by atoms with Gasteiger partial charge >= 0.3 is 0 Å². The SMILES string of the molecule is C=CCSc1nnnn1-c1cc(C)ccc1OC. The molecule has 0 aliphatic rings. The van der Waals surface area contributed by atoms with Crippen LogP contribution in [0.25, 0.3) is 5.69 Å². The Morgan fingerprint density at radius 3 is 3.06 bits per heavy atom. The summed E-state index contributed by atoms with van der Waals surface area (Å²) in [6.45, 7) is 5.70. The summed E-state index contributed by atoms with van der Waals surface area (Å²) in [5, 5.41) is 12.4. The summed E-state index contributed by atoms with van der Waals surface area (Å²) in [5.74, 6) is 1.50. The van der Waals surface area contributed by atoms with E-state index in [0.29, 0.717) is 0 Å². The van der Waals surface area contributed by atoms with E-state index in [-0.39, 0.29) is 0 Å². The van der Waals surface area contributed by atoms with E-state index in [2.05, 4.69) is 22.1 Å². The van der Waals surface area contributed by atoms with E-state index >= 15 is 0 Å². The van der Waals surface area contributed by atoms with Gasteiger partial charge in [-0.2, -0.15) is 4.68 Å². The normalized spacial score (nSPS) is 10.3. The standard InChI is InChI=1S/C12H14N4OS/c1-4-7-18-12-13-14-15-16(12)10-8-9(2)5-6-11(10)17-3/h4-6,8H,1,7H2,2-3H3. The van der Waals surface area contributed by atoms with Crippen LogP contribution >= 0.6 is 11.8 Å². The van der Waals surface area contributed by atoms with E-state index in [1.54, 1.807) is 11.8 Å². The van der Waals surface area contributed by atoms with Gasteiger partial charge in [0.1, 0.15) is 11.4 Å². The summed E-state index contributed by atoms with van der Waals surface area (Å²) in [5.41, 5.74) is 1.97. The lowest BCUT2D eigenvalue weighted by Crippen LogP contribution is -2.02. The minimum atomic E-state index is 0.721. The molecular formula is C12H14N4OS. The largest absolute Gasteiger partial charge is 0.494 e. The van der Waals surface area contributed by atoms with Crippen molar-refractivity contribution >= 4 is 11.8 Å². The van der Waals surface area contributed by atoms with Crippen LogP contribution in [0.15, 0.2) is 36.0 Å². The molecule has 94 valence electrons. The topological polar surface area (TPSA) is 52.8 Å². The number of aromatic nitrogens is 4. The third kappa shape index (κ3) is 2.53. The Morgan fingerprint density at radius 1 is 1.50 bits per heavy atom. The molecule has 0 aliphatic heterocycles. The van der Waals surface area contributed by atoms with Crippen molar-refractivity contribution in [3.63, 3.8) is 0 Å². The molecule has 0 radical (unpaired) electrons. The lowest BCUT2D eigenvalue weighted by molar-refractivity contribution is 0.410. The molecule has 0 bridgehead atoms. The van der Waals surface area contributed by atoms with Gasteiger partial charge in [-0.05, 0) is 35.0 Å². The Labute approximate surface area is 110 Å². The van der Waals surface area contributed by atoms with Crippen molar-refractivity contribution in [1.82, 2.24) is 20.2 Å². The highest BCUT2D eigenvalue weighted by Crippen LogP contribution is 2.26. The summed E-state index contributed by atoms with van der Waals surface area (Å²) in [7, 11) is 1.63. The van der Waals surface area contributed by atoms with Crippen LogP contribution in [-0.4, -0.2) is 33.1 Å². The lowest BCUT2D eigenvalue weighted by Gasteiger charge is -2.09. The predicted octanol–water partition coefficient (Wildman–Crippen LogP) is 2.26. The number of nitrogens with zero attached hydrogens (tertiary/aromatic N) is 4. The molecule has 2 rings (SSSR count). The average molecular weight is 262 g/mol. The highest BCUT2D eigenvalue weighted by molar-refractivity contribution is 7.99. The van der Waals surface area contributed by atoms with Crippen LogP contribution < -0.4 is 4.74 Å². The number of benzene rings is 1. The molecule has 1 heterocycles. The second-order valence-corrected chi connectivity index (χ2v) is 4.64. The Kier molecular flexibility index (Phi) is 3.99. The number of ether oxygens (including phenoxy) is 1. The zero-order chi connectivity index (χ0) is 13.0. The Bertz CT molecular complexity index is 553. The fourth-order valence-electron chi connectivity index (χ4n) is 1.52. The maximum absolute atomic E-state index is 5.34. The van der Waals surface area contributed by atoms with Crippen LogP contribution in [0, 0.1) is 6.92 Å². The summed E-state index contributed by atoms with van der Waals surface area (Å²) >= 11 is 1.53. The Balaban J connectivity index is 2.44. The number of methoxy groups -OCH3 is 1. The Hall–Kier alpha value is -1.82. The number of tetrazole rings is 1. The van der Waals surface area contributed by atoms with E-state index in [1.807, 2.05) is 31.2 Å². The highest BCUT2D eigenvalue weighted by atomic mass is 32.2. The van der Waals surface area contributed by atoms with Crippen molar-refractivity contribution < 1.29 is 4.74 Å². The first-order valence-corrected chi connectivity index (χ1v) is 6.42. The fourth-order valence-corrected chi connectivity index (χ4v) is 2.14. The summed E-state index contributed by atoms with van der Waals surface area (Å²) in [4.78, 5) is 0. The van der Waals surface area contributed by atoms with E-state index < -0.39 is 0 Å². The number of hydrogen-bond acceptors (Lipinski definition) is 5. The molecular weight excluding hydrogens is 248 g/mol. The second-order valence-electron chi connectivity index (χ2n) is 3.65. The van der Waals surface area contributed by atoms with Crippen molar-refractivity contribution in [1.29, 1.82) is 0 Å². The predicted molar refractivity (Wildman–Crippen MR) is 71.4 cm³/mol. The van der Waals surface area contributed by atoms with E-state index in [4.69, 9.17) is 4.74 Å². The van der Waals surface area contributed by atoms with Gasteiger partial charge in [0.2, 0.25) is 5.16 Å². The van der Waals surface area contributed by atoms with Gasteiger partial charge in [0.05, 0.1) is 7.11 Å². The third-order valence-electron chi connectivity index (χ3n) is 2.33. The first-order chi connectivity index (χ1) is 8.76. The van der Waals surface area contributed by atoms with Crippen LogP contribution in [-0.2, 0) is 0 Å². The first kappa shape index (κ1) is 12.6. The highest BCUT2D eigenvalue weighted by Gasteiger charge is 2.12.